The molecule has 3 heterocycles. The fourth-order valence-corrected chi connectivity index (χ4v) is 4.51. The Balaban J connectivity index is 1.43. The van der Waals surface area contributed by atoms with Crippen molar-refractivity contribution in [2.24, 2.45) is 0 Å². The van der Waals surface area contributed by atoms with E-state index < -0.39 is 5.97 Å². The number of anilines is 1. The molecule has 0 aliphatic heterocycles. The maximum Gasteiger partial charge on any atom is 0.342 e. The number of furan rings is 1. The average Bonchev–Trinajstić information content (AvgIpc) is 3.56. The highest BCUT2D eigenvalue weighted by molar-refractivity contribution is 7.98. The van der Waals surface area contributed by atoms with E-state index in [2.05, 4.69) is 20.3 Å². The number of ether oxygens (including phenoxy) is 1. The fraction of sp³-hybridized carbons (Fsp3) is 0.292. The minimum Gasteiger partial charge on any atom is -0.462 e. The molecule has 3 aromatic heterocycles. The number of rotatable bonds is 7. The van der Waals surface area contributed by atoms with E-state index in [1.54, 1.807) is 19.9 Å². The number of pyridine rings is 1. The van der Waals surface area contributed by atoms with Gasteiger partial charge < -0.3 is 20.2 Å². The molecule has 1 fully saturated rings. The first-order valence-corrected chi connectivity index (χ1v) is 12.0. The molecule has 0 radical (unpaired) electrons. The molecule has 0 unspecified atom stereocenters. The number of hydrogen-bond donors (Lipinski definition) is 2. The Kier molecular flexibility index (Phi) is 5.82. The third-order valence-electron chi connectivity index (χ3n) is 5.48. The highest BCUT2D eigenvalue weighted by Gasteiger charge is 2.26. The van der Waals surface area contributed by atoms with E-state index in [4.69, 9.17) is 14.9 Å². The SMILES string of the molecule is CCOC(=O)c1c(C)oc2nc(CSc3cc(C(=O)NC4CC4)c4ccccc4n3)nc(N)c12. The summed E-state index contributed by atoms with van der Waals surface area (Å²) in [4.78, 5) is 38.6. The number of aromatic nitrogens is 3. The molecule has 10 heteroatoms. The summed E-state index contributed by atoms with van der Waals surface area (Å²) in [5, 5.41) is 4.88. The average molecular weight is 478 g/mol. The molecule has 1 aliphatic carbocycles. The number of esters is 1. The van der Waals surface area contributed by atoms with Gasteiger partial charge in [0.1, 0.15) is 23.0 Å². The summed E-state index contributed by atoms with van der Waals surface area (Å²) in [5.41, 5.74) is 7.98. The molecular weight excluding hydrogens is 454 g/mol. The number of nitrogens with two attached hydrogens (primary N) is 1. The molecule has 1 aliphatic rings. The molecule has 0 bridgehead atoms. The number of nitrogens with zero attached hydrogens (tertiary/aromatic N) is 3. The number of thioether (sulfide) groups is 1. The summed E-state index contributed by atoms with van der Waals surface area (Å²) >= 11 is 1.39. The van der Waals surface area contributed by atoms with Gasteiger partial charge in [0.25, 0.3) is 5.91 Å². The van der Waals surface area contributed by atoms with Crippen LogP contribution >= 0.6 is 11.8 Å². The maximum atomic E-state index is 12.8. The van der Waals surface area contributed by atoms with Crippen LogP contribution in [0.4, 0.5) is 5.82 Å². The third-order valence-corrected chi connectivity index (χ3v) is 6.39. The minimum atomic E-state index is -0.520. The van der Waals surface area contributed by atoms with Crippen molar-refractivity contribution in [1.82, 2.24) is 20.3 Å². The second kappa shape index (κ2) is 8.94. The highest BCUT2D eigenvalue weighted by Crippen LogP contribution is 2.31. The topological polar surface area (TPSA) is 133 Å². The van der Waals surface area contributed by atoms with Gasteiger partial charge in [-0.05, 0) is 38.8 Å². The predicted molar refractivity (Wildman–Crippen MR) is 129 cm³/mol. The van der Waals surface area contributed by atoms with E-state index in [1.165, 1.54) is 11.8 Å². The lowest BCUT2D eigenvalue weighted by Crippen LogP contribution is -2.25. The van der Waals surface area contributed by atoms with E-state index in [0.29, 0.717) is 33.3 Å². The van der Waals surface area contributed by atoms with E-state index >= 15 is 0 Å². The number of aryl methyl sites for hydroxylation is 1. The number of carbonyl (C=O) groups is 2. The van der Waals surface area contributed by atoms with Crippen molar-refractivity contribution in [1.29, 1.82) is 0 Å². The Bertz CT molecular complexity index is 1430. The van der Waals surface area contributed by atoms with Gasteiger partial charge in [0, 0.05) is 11.4 Å². The second-order valence-corrected chi connectivity index (χ2v) is 9.02. The van der Waals surface area contributed by atoms with Crippen LogP contribution in [-0.2, 0) is 10.5 Å². The van der Waals surface area contributed by atoms with E-state index in [9.17, 15) is 9.59 Å². The second-order valence-electron chi connectivity index (χ2n) is 8.02. The Morgan fingerprint density at radius 1 is 1.24 bits per heavy atom. The summed E-state index contributed by atoms with van der Waals surface area (Å²) in [7, 11) is 0. The molecular formula is C24H23N5O4S. The molecule has 5 rings (SSSR count). The standard InChI is InChI=1S/C24H23N5O4S/c1-3-32-24(31)19-12(2)33-23-20(19)21(25)28-17(29-23)11-34-18-10-15(22(30)26-13-8-9-13)14-6-4-5-7-16(14)27-18/h4-7,10,13H,3,8-9,11H2,1-2H3,(H,26,30)(H2,25,28,29). The number of hydrogen-bond acceptors (Lipinski definition) is 9. The number of fused-ring (bicyclic) bond motifs is 2. The quantitative estimate of drug-likeness (QED) is 0.299. The van der Waals surface area contributed by atoms with Gasteiger partial charge in [-0.2, -0.15) is 4.98 Å². The molecule has 0 spiro atoms. The number of nitrogen functional groups attached to an aromatic ring is 1. The van der Waals surface area contributed by atoms with Crippen LogP contribution in [0.1, 0.15) is 52.1 Å². The third kappa shape index (κ3) is 4.28. The van der Waals surface area contributed by atoms with Crippen LogP contribution in [0.3, 0.4) is 0 Å². The van der Waals surface area contributed by atoms with Crippen LogP contribution < -0.4 is 11.1 Å². The minimum absolute atomic E-state index is 0.0950. The molecule has 1 saturated carbocycles. The number of carbonyl (C=O) groups excluding carboxylic acids is 2. The summed E-state index contributed by atoms with van der Waals surface area (Å²) in [6.07, 6.45) is 2.03. The number of amides is 1. The van der Waals surface area contributed by atoms with Crippen molar-refractivity contribution in [3.05, 3.63) is 53.0 Å². The molecule has 0 saturated heterocycles. The van der Waals surface area contributed by atoms with Gasteiger partial charge in [0.05, 0.1) is 33.9 Å². The first-order valence-electron chi connectivity index (χ1n) is 11.0. The summed E-state index contributed by atoms with van der Waals surface area (Å²) in [5.74, 6) is 0.691. The summed E-state index contributed by atoms with van der Waals surface area (Å²) in [6, 6.07) is 9.63. The van der Waals surface area contributed by atoms with Crippen LogP contribution in [0.5, 0.6) is 0 Å². The maximum absolute atomic E-state index is 12.8. The number of benzene rings is 1. The zero-order valence-corrected chi connectivity index (χ0v) is 19.6. The van der Waals surface area contributed by atoms with E-state index in [1.807, 2.05) is 24.3 Å². The van der Waals surface area contributed by atoms with Gasteiger partial charge in [-0.25, -0.2) is 14.8 Å². The molecule has 9 nitrogen and oxygen atoms in total. The monoisotopic (exact) mass is 477 g/mol. The number of para-hydroxylation sites is 1. The highest BCUT2D eigenvalue weighted by atomic mass is 32.2. The van der Waals surface area contributed by atoms with Crippen molar-refractivity contribution in [3.63, 3.8) is 0 Å². The molecule has 174 valence electrons. The molecule has 34 heavy (non-hydrogen) atoms. The fourth-order valence-electron chi connectivity index (χ4n) is 3.74. The van der Waals surface area contributed by atoms with E-state index in [-0.39, 0.29) is 35.7 Å². The van der Waals surface area contributed by atoms with Gasteiger partial charge >= 0.3 is 5.97 Å². The lowest BCUT2D eigenvalue weighted by Gasteiger charge is -2.10. The molecule has 4 aromatic rings. The summed E-state index contributed by atoms with van der Waals surface area (Å²) in [6.45, 7) is 3.63. The lowest BCUT2D eigenvalue weighted by atomic mass is 10.1. The summed E-state index contributed by atoms with van der Waals surface area (Å²) < 4.78 is 10.8. The largest absolute Gasteiger partial charge is 0.462 e. The van der Waals surface area contributed by atoms with Crippen molar-refractivity contribution >= 4 is 51.5 Å². The Hall–Kier alpha value is -3.66. The van der Waals surface area contributed by atoms with Gasteiger partial charge in [-0.3, -0.25) is 4.79 Å². The van der Waals surface area contributed by atoms with Crippen LogP contribution in [0.15, 0.2) is 39.8 Å². The van der Waals surface area contributed by atoms with Crippen LogP contribution in [0.25, 0.3) is 22.0 Å². The zero-order chi connectivity index (χ0) is 23.8. The van der Waals surface area contributed by atoms with Crippen molar-refractivity contribution in [3.8, 4) is 0 Å². The van der Waals surface area contributed by atoms with Gasteiger partial charge in [0.2, 0.25) is 5.71 Å². The molecule has 0 atom stereocenters. The van der Waals surface area contributed by atoms with Gasteiger partial charge in [-0.1, -0.05) is 30.0 Å². The first-order chi connectivity index (χ1) is 16.4. The van der Waals surface area contributed by atoms with Gasteiger partial charge in [0.15, 0.2) is 0 Å². The molecule has 1 aromatic carbocycles. The first kappa shape index (κ1) is 22.1. The lowest BCUT2D eigenvalue weighted by molar-refractivity contribution is 0.0526. The Labute approximate surface area is 199 Å². The number of nitrogens with one attached hydrogen (secondary N) is 1. The normalized spacial score (nSPS) is 13.4. The van der Waals surface area contributed by atoms with Crippen LogP contribution in [0, 0.1) is 6.92 Å². The van der Waals surface area contributed by atoms with Crippen molar-refractivity contribution < 1.29 is 18.7 Å². The zero-order valence-electron chi connectivity index (χ0n) is 18.8. The Morgan fingerprint density at radius 2 is 2.03 bits per heavy atom. The Morgan fingerprint density at radius 3 is 2.79 bits per heavy atom. The molecule has 1 amide bonds. The van der Waals surface area contributed by atoms with Crippen molar-refractivity contribution in [2.45, 2.75) is 43.5 Å². The van der Waals surface area contributed by atoms with Crippen LogP contribution in [0.2, 0.25) is 0 Å². The van der Waals surface area contributed by atoms with Crippen molar-refractivity contribution in [2.75, 3.05) is 12.3 Å². The molecule has 3 N–H and O–H groups in total. The predicted octanol–water partition coefficient (Wildman–Crippen LogP) is 4.02. The van der Waals surface area contributed by atoms with Crippen LogP contribution in [-0.4, -0.2) is 39.5 Å². The van der Waals surface area contributed by atoms with E-state index in [0.717, 1.165) is 23.7 Å². The smallest absolute Gasteiger partial charge is 0.342 e. The van der Waals surface area contributed by atoms with Gasteiger partial charge in [-0.15, -0.1) is 0 Å².